The quantitative estimate of drug-likeness (QED) is 0.811. The molecular weight excluding hydrogens is 320 g/mol. The maximum absolute atomic E-state index is 12.1. The Bertz CT molecular complexity index is 728. The molecule has 6 heteroatoms. The minimum Gasteiger partial charge on any atom is -0.497 e. The highest BCUT2D eigenvalue weighted by atomic mass is 16.5. The van der Waals surface area contributed by atoms with Gasteiger partial charge in [-0.1, -0.05) is 12.1 Å². The Morgan fingerprint density at radius 2 is 1.76 bits per heavy atom. The number of anilines is 1. The lowest BCUT2D eigenvalue weighted by Gasteiger charge is -2.16. The molecule has 0 fully saturated rings. The summed E-state index contributed by atoms with van der Waals surface area (Å²) in [5.41, 5.74) is 1.59. The first-order valence-corrected chi connectivity index (χ1v) is 7.91. The van der Waals surface area contributed by atoms with E-state index in [1.165, 1.54) is 6.92 Å². The Balaban J connectivity index is 1.87. The minimum atomic E-state index is -0.228. The predicted octanol–water partition coefficient (Wildman–Crippen LogP) is 2.91. The van der Waals surface area contributed by atoms with Crippen molar-refractivity contribution in [3.05, 3.63) is 54.1 Å². The fourth-order valence-corrected chi connectivity index (χ4v) is 2.28. The van der Waals surface area contributed by atoms with Crippen LogP contribution in [0.25, 0.3) is 0 Å². The van der Waals surface area contributed by atoms with Crippen molar-refractivity contribution in [2.24, 2.45) is 0 Å². The molecule has 2 amide bonds. The van der Waals surface area contributed by atoms with Crippen LogP contribution in [0, 0.1) is 0 Å². The Morgan fingerprint density at radius 1 is 1.08 bits per heavy atom. The monoisotopic (exact) mass is 342 g/mol. The van der Waals surface area contributed by atoms with E-state index in [9.17, 15) is 9.59 Å². The van der Waals surface area contributed by atoms with Gasteiger partial charge < -0.3 is 20.1 Å². The van der Waals surface area contributed by atoms with Crippen LogP contribution in [0.5, 0.6) is 11.5 Å². The maximum Gasteiger partial charge on any atom is 0.258 e. The zero-order valence-corrected chi connectivity index (χ0v) is 14.5. The standard InChI is InChI=1S/C19H22N2O4/c1-13(15-5-4-6-16(11-15)21-14(2)22)20-19(23)12-25-18-9-7-17(24-3)8-10-18/h4-11,13H,12H2,1-3H3,(H,20,23)(H,21,22). The van der Waals surface area contributed by atoms with Crippen LogP contribution in [0.3, 0.4) is 0 Å². The SMILES string of the molecule is COc1ccc(OCC(=O)NC(C)c2cccc(NC(C)=O)c2)cc1. The van der Waals surface area contributed by atoms with Crippen LogP contribution in [-0.2, 0) is 9.59 Å². The molecule has 2 aromatic rings. The van der Waals surface area contributed by atoms with Crippen molar-refractivity contribution in [3.63, 3.8) is 0 Å². The van der Waals surface area contributed by atoms with E-state index in [-0.39, 0.29) is 24.5 Å². The van der Waals surface area contributed by atoms with Gasteiger partial charge in [0.15, 0.2) is 6.61 Å². The molecule has 0 saturated heterocycles. The van der Waals surface area contributed by atoms with Crippen molar-refractivity contribution in [3.8, 4) is 11.5 Å². The molecule has 6 nitrogen and oxygen atoms in total. The molecule has 0 spiro atoms. The van der Waals surface area contributed by atoms with Crippen LogP contribution in [0.2, 0.25) is 0 Å². The third-order valence-electron chi connectivity index (χ3n) is 3.51. The van der Waals surface area contributed by atoms with Gasteiger partial charge in [-0.05, 0) is 48.9 Å². The summed E-state index contributed by atoms with van der Waals surface area (Å²) in [6.45, 7) is 3.24. The second-order valence-corrected chi connectivity index (χ2v) is 5.56. The van der Waals surface area contributed by atoms with Gasteiger partial charge in [-0.15, -0.1) is 0 Å². The van der Waals surface area contributed by atoms with Gasteiger partial charge in [-0.25, -0.2) is 0 Å². The number of hydrogen-bond acceptors (Lipinski definition) is 4. The highest BCUT2D eigenvalue weighted by molar-refractivity contribution is 5.88. The second kappa shape index (κ2) is 8.73. The molecule has 2 aromatic carbocycles. The lowest BCUT2D eigenvalue weighted by molar-refractivity contribution is -0.123. The van der Waals surface area contributed by atoms with Crippen LogP contribution in [-0.4, -0.2) is 25.5 Å². The molecule has 132 valence electrons. The molecule has 0 aliphatic rings. The summed E-state index contributed by atoms with van der Waals surface area (Å²) in [6.07, 6.45) is 0. The third-order valence-corrected chi connectivity index (χ3v) is 3.51. The van der Waals surface area contributed by atoms with E-state index in [1.54, 1.807) is 37.4 Å². The number of rotatable bonds is 7. The number of nitrogens with one attached hydrogen (secondary N) is 2. The van der Waals surface area contributed by atoms with Crippen LogP contribution in [0.15, 0.2) is 48.5 Å². The van der Waals surface area contributed by atoms with E-state index in [0.29, 0.717) is 11.4 Å². The summed E-state index contributed by atoms with van der Waals surface area (Å²) in [4.78, 5) is 23.2. The molecule has 0 bridgehead atoms. The first-order chi connectivity index (χ1) is 12.0. The van der Waals surface area contributed by atoms with Gasteiger partial charge >= 0.3 is 0 Å². The van der Waals surface area contributed by atoms with Crippen molar-refractivity contribution in [1.82, 2.24) is 5.32 Å². The average Bonchev–Trinajstić information content (AvgIpc) is 2.60. The summed E-state index contributed by atoms with van der Waals surface area (Å²) in [5, 5.41) is 5.59. The van der Waals surface area contributed by atoms with E-state index in [2.05, 4.69) is 10.6 Å². The van der Waals surface area contributed by atoms with E-state index < -0.39 is 0 Å². The molecule has 0 saturated carbocycles. The topological polar surface area (TPSA) is 76.7 Å². The van der Waals surface area contributed by atoms with Crippen molar-refractivity contribution in [2.45, 2.75) is 19.9 Å². The molecule has 1 atom stereocenters. The fraction of sp³-hybridized carbons (Fsp3) is 0.263. The molecule has 0 aromatic heterocycles. The zero-order valence-electron chi connectivity index (χ0n) is 14.5. The van der Waals surface area contributed by atoms with E-state index >= 15 is 0 Å². The van der Waals surface area contributed by atoms with Crippen molar-refractivity contribution in [1.29, 1.82) is 0 Å². The Morgan fingerprint density at radius 3 is 2.40 bits per heavy atom. The second-order valence-electron chi connectivity index (χ2n) is 5.56. The van der Waals surface area contributed by atoms with Crippen LogP contribution < -0.4 is 20.1 Å². The summed E-state index contributed by atoms with van der Waals surface area (Å²) in [5.74, 6) is 0.954. The van der Waals surface area contributed by atoms with Crippen molar-refractivity contribution in [2.75, 3.05) is 19.0 Å². The average molecular weight is 342 g/mol. The third kappa shape index (κ3) is 5.84. The molecule has 0 aliphatic heterocycles. The Kier molecular flexibility index (Phi) is 6.39. The van der Waals surface area contributed by atoms with Crippen LogP contribution in [0.1, 0.15) is 25.5 Å². The van der Waals surface area contributed by atoms with Crippen molar-refractivity contribution < 1.29 is 19.1 Å². The zero-order chi connectivity index (χ0) is 18.2. The maximum atomic E-state index is 12.1. The highest BCUT2D eigenvalue weighted by Crippen LogP contribution is 2.18. The normalized spacial score (nSPS) is 11.3. The van der Waals surface area contributed by atoms with Crippen LogP contribution >= 0.6 is 0 Å². The molecule has 1 unspecified atom stereocenters. The first-order valence-electron chi connectivity index (χ1n) is 7.91. The number of hydrogen-bond donors (Lipinski definition) is 2. The number of benzene rings is 2. The lowest BCUT2D eigenvalue weighted by Crippen LogP contribution is -2.31. The van der Waals surface area contributed by atoms with Gasteiger partial charge in [0.1, 0.15) is 11.5 Å². The fourth-order valence-electron chi connectivity index (χ4n) is 2.28. The van der Waals surface area contributed by atoms with Crippen LogP contribution in [0.4, 0.5) is 5.69 Å². The molecule has 2 rings (SSSR count). The Labute approximate surface area is 147 Å². The highest BCUT2D eigenvalue weighted by Gasteiger charge is 2.11. The summed E-state index contributed by atoms with van der Waals surface area (Å²) < 4.78 is 10.5. The lowest BCUT2D eigenvalue weighted by atomic mass is 10.1. The molecule has 2 N–H and O–H groups in total. The smallest absolute Gasteiger partial charge is 0.258 e. The molecule has 0 radical (unpaired) electrons. The number of carbonyl (C=O) groups excluding carboxylic acids is 2. The van der Waals surface area contributed by atoms with E-state index in [0.717, 1.165) is 11.3 Å². The van der Waals surface area contributed by atoms with Gasteiger partial charge in [0.2, 0.25) is 5.91 Å². The number of amides is 2. The molecular formula is C19H22N2O4. The number of methoxy groups -OCH3 is 1. The molecule has 0 aliphatic carbocycles. The van der Waals surface area contributed by atoms with E-state index in [4.69, 9.17) is 9.47 Å². The number of carbonyl (C=O) groups is 2. The Hall–Kier alpha value is -3.02. The first kappa shape index (κ1) is 18.3. The van der Waals surface area contributed by atoms with Gasteiger partial charge in [0.05, 0.1) is 13.2 Å². The molecule has 0 heterocycles. The van der Waals surface area contributed by atoms with Gasteiger partial charge in [0, 0.05) is 12.6 Å². The largest absolute Gasteiger partial charge is 0.497 e. The van der Waals surface area contributed by atoms with Gasteiger partial charge in [-0.2, -0.15) is 0 Å². The van der Waals surface area contributed by atoms with E-state index in [1.807, 2.05) is 25.1 Å². The minimum absolute atomic E-state index is 0.0813. The summed E-state index contributed by atoms with van der Waals surface area (Å²) >= 11 is 0. The molecule has 25 heavy (non-hydrogen) atoms. The van der Waals surface area contributed by atoms with Crippen molar-refractivity contribution >= 4 is 17.5 Å². The van der Waals surface area contributed by atoms with Gasteiger partial charge in [0.25, 0.3) is 5.91 Å². The number of ether oxygens (including phenoxy) is 2. The predicted molar refractivity (Wildman–Crippen MR) is 95.8 cm³/mol. The summed E-state index contributed by atoms with van der Waals surface area (Å²) in [7, 11) is 1.59. The summed E-state index contributed by atoms with van der Waals surface area (Å²) in [6, 6.07) is 14.2. The van der Waals surface area contributed by atoms with Gasteiger partial charge in [-0.3, -0.25) is 9.59 Å².